The SMILES string of the molecule is CN(Cc1nnc(-c2ccccc2Cl)o1)CC(C)(C)CN. The standard InChI is InChI=1S/C15H21ClN4O/c1-15(2,9-17)10-20(3)8-13-18-19-14(21-13)11-6-4-5-7-12(11)16/h4-7H,8-10,17H2,1-3H3. The molecular weight excluding hydrogens is 288 g/mol. The van der Waals surface area contributed by atoms with Crippen molar-refractivity contribution in [3.05, 3.63) is 35.2 Å². The smallest absolute Gasteiger partial charge is 0.249 e. The molecule has 0 unspecified atom stereocenters. The summed E-state index contributed by atoms with van der Waals surface area (Å²) in [6, 6.07) is 7.42. The van der Waals surface area contributed by atoms with Gasteiger partial charge < -0.3 is 10.2 Å². The van der Waals surface area contributed by atoms with Gasteiger partial charge in [0.1, 0.15) is 0 Å². The number of nitrogens with zero attached hydrogens (tertiary/aromatic N) is 3. The molecule has 1 heterocycles. The summed E-state index contributed by atoms with van der Waals surface area (Å²) in [5, 5.41) is 8.75. The van der Waals surface area contributed by atoms with Crippen LogP contribution in [0.4, 0.5) is 0 Å². The molecule has 1 aromatic heterocycles. The van der Waals surface area contributed by atoms with Crippen molar-refractivity contribution in [2.24, 2.45) is 11.1 Å². The second-order valence-corrected chi connectivity index (χ2v) is 6.43. The first kappa shape index (κ1) is 15.9. The second-order valence-electron chi connectivity index (χ2n) is 6.02. The van der Waals surface area contributed by atoms with Crippen LogP contribution in [-0.4, -0.2) is 35.2 Å². The zero-order chi connectivity index (χ0) is 15.5. The van der Waals surface area contributed by atoms with Crippen molar-refractivity contribution in [2.75, 3.05) is 20.1 Å². The molecule has 0 saturated heterocycles. The molecule has 0 spiro atoms. The Bertz CT molecular complexity index is 597. The van der Waals surface area contributed by atoms with Crippen molar-refractivity contribution < 1.29 is 4.42 Å². The number of aromatic nitrogens is 2. The average molecular weight is 309 g/mol. The van der Waals surface area contributed by atoms with Crippen LogP contribution in [0, 0.1) is 5.41 Å². The first-order valence-corrected chi connectivity index (χ1v) is 7.25. The highest BCUT2D eigenvalue weighted by Gasteiger charge is 2.20. The van der Waals surface area contributed by atoms with Gasteiger partial charge in [0.25, 0.3) is 0 Å². The van der Waals surface area contributed by atoms with Crippen LogP contribution in [0.1, 0.15) is 19.7 Å². The first-order valence-electron chi connectivity index (χ1n) is 6.87. The van der Waals surface area contributed by atoms with Gasteiger partial charge in [0.15, 0.2) is 0 Å². The summed E-state index contributed by atoms with van der Waals surface area (Å²) in [5.41, 5.74) is 6.56. The Hall–Kier alpha value is -1.43. The fourth-order valence-corrected chi connectivity index (χ4v) is 2.36. The molecule has 5 nitrogen and oxygen atoms in total. The molecule has 2 N–H and O–H groups in total. The normalized spacial score (nSPS) is 12.1. The van der Waals surface area contributed by atoms with E-state index in [0.29, 0.717) is 29.9 Å². The third-order valence-electron chi connectivity index (χ3n) is 3.23. The highest BCUT2D eigenvalue weighted by atomic mass is 35.5. The van der Waals surface area contributed by atoms with E-state index in [0.717, 1.165) is 12.1 Å². The molecule has 0 saturated carbocycles. The summed E-state index contributed by atoms with van der Waals surface area (Å²) < 4.78 is 5.69. The zero-order valence-corrected chi connectivity index (χ0v) is 13.4. The maximum Gasteiger partial charge on any atom is 0.249 e. The van der Waals surface area contributed by atoms with Gasteiger partial charge in [0.05, 0.1) is 17.1 Å². The molecule has 0 bridgehead atoms. The minimum Gasteiger partial charge on any atom is -0.419 e. The van der Waals surface area contributed by atoms with Gasteiger partial charge in [-0.05, 0) is 31.1 Å². The Balaban J connectivity index is 2.06. The van der Waals surface area contributed by atoms with E-state index in [1.165, 1.54) is 0 Å². The van der Waals surface area contributed by atoms with Crippen molar-refractivity contribution in [2.45, 2.75) is 20.4 Å². The van der Waals surface area contributed by atoms with E-state index < -0.39 is 0 Å². The molecule has 21 heavy (non-hydrogen) atoms. The number of hydrogen-bond acceptors (Lipinski definition) is 5. The van der Waals surface area contributed by atoms with Gasteiger partial charge in [-0.2, -0.15) is 0 Å². The van der Waals surface area contributed by atoms with E-state index in [-0.39, 0.29) is 5.41 Å². The lowest BCUT2D eigenvalue weighted by Crippen LogP contribution is -2.36. The van der Waals surface area contributed by atoms with Crippen LogP contribution in [0.25, 0.3) is 11.5 Å². The third-order valence-corrected chi connectivity index (χ3v) is 3.56. The van der Waals surface area contributed by atoms with E-state index in [9.17, 15) is 0 Å². The van der Waals surface area contributed by atoms with E-state index in [2.05, 4.69) is 28.9 Å². The van der Waals surface area contributed by atoms with Gasteiger partial charge in [0.2, 0.25) is 11.8 Å². The molecular formula is C15H21ClN4O. The van der Waals surface area contributed by atoms with Gasteiger partial charge in [-0.15, -0.1) is 10.2 Å². The minimum absolute atomic E-state index is 0.0559. The van der Waals surface area contributed by atoms with Gasteiger partial charge in [-0.25, -0.2) is 0 Å². The fraction of sp³-hybridized carbons (Fsp3) is 0.467. The van der Waals surface area contributed by atoms with E-state index in [4.69, 9.17) is 21.8 Å². The molecule has 0 aliphatic carbocycles. The number of halogens is 1. The lowest BCUT2D eigenvalue weighted by molar-refractivity contribution is 0.196. The van der Waals surface area contributed by atoms with Crippen LogP contribution in [0.2, 0.25) is 5.02 Å². The van der Waals surface area contributed by atoms with Crippen molar-refractivity contribution in [3.8, 4) is 11.5 Å². The summed E-state index contributed by atoms with van der Waals surface area (Å²) >= 11 is 6.13. The number of hydrogen-bond donors (Lipinski definition) is 1. The van der Waals surface area contributed by atoms with E-state index in [1.54, 1.807) is 6.07 Å². The Morgan fingerprint density at radius 3 is 2.67 bits per heavy atom. The highest BCUT2D eigenvalue weighted by Crippen LogP contribution is 2.26. The molecule has 2 aromatic rings. The number of rotatable bonds is 6. The molecule has 0 aliphatic rings. The molecule has 0 atom stereocenters. The van der Waals surface area contributed by atoms with Crippen LogP contribution < -0.4 is 5.73 Å². The predicted molar refractivity (Wildman–Crippen MR) is 83.9 cm³/mol. The van der Waals surface area contributed by atoms with Crippen molar-refractivity contribution in [3.63, 3.8) is 0 Å². The topological polar surface area (TPSA) is 68.2 Å². The highest BCUT2D eigenvalue weighted by molar-refractivity contribution is 6.33. The van der Waals surface area contributed by atoms with E-state index in [1.807, 2.05) is 25.2 Å². The molecule has 0 aliphatic heterocycles. The van der Waals surface area contributed by atoms with Gasteiger partial charge in [-0.1, -0.05) is 37.6 Å². The summed E-state index contributed by atoms with van der Waals surface area (Å²) in [6.45, 7) is 6.33. The molecule has 0 fully saturated rings. The largest absolute Gasteiger partial charge is 0.419 e. The molecule has 6 heteroatoms. The number of benzene rings is 1. The maximum atomic E-state index is 6.13. The Kier molecular flexibility index (Phi) is 4.98. The lowest BCUT2D eigenvalue weighted by Gasteiger charge is -2.27. The van der Waals surface area contributed by atoms with Gasteiger partial charge in [-0.3, -0.25) is 4.90 Å². The zero-order valence-electron chi connectivity index (χ0n) is 12.6. The Morgan fingerprint density at radius 2 is 2.00 bits per heavy atom. The molecule has 0 amide bonds. The van der Waals surface area contributed by atoms with Gasteiger partial charge >= 0.3 is 0 Å². The Morgan fingerprint density at radius 1 is 1.29 bits per heavy atom. The predicted octanol–water partition coefficient (Wildman–Crippen LogP) is 2.81. The van der Waals surface area contributed by atoms with Crippen LogP contribution in [0.5, 0.6) is 0 Å². The monoisotopic (exact) mass is 308 g/mol. The Labute approximate surface area is 130 Å². The quantitative estimate of drug-likeness (QED) is 0.888. The average Bonchev–Trinajstić information content (AvgIpc) is 2.86. The van der Waals surface area contributed by atoms with Crippen LogP contribution in [0.3, 0.4) is 0 Å². The summed E-state index contributed by atoms with van der Waals surface area (Å²) in [6.07, 6.45) is 0. The summed E-state index contributed by atoms with van der Waals surface area (Å²) in [4.78, 5) is 2.12. The number of nitrogens with two attached hydrogens (primary N) is 1. The molecule has 0 radical (unpaired) electrons. The summed E-state index contributed by atoms with van der Waals surface area (Å²) in [7, 11) is 2.01. The van der Waals surface area contributed by atoms with Gasteiger partial charge in [0, 0.05) is 6.54 Å². The minimum atomic E-state index is 0.0559. The first-order chi connectivity index (χ1) is 9.91. The molecule has 1 aromatic carbocycles. The second kappa shape index (κ2) is 6.56. The molecule has 114 valence electrons. The van der Waals surface area contributed by atoms with Crippen LogP contribution in [0.15, 0.2) is 28.7 Å². The third kappa shape index (κ3) is 4.27. The lowest BCUT2D eigenvalue weighted by atomic mass is 9.93. The maximum absolute atomic E-state index is 6.13. The van der Waals surface area contributed by atoms with Crippen LogP contribution >= 0.6 is 11.6 Å². The van der Waals surface area contributed by atoms with E-state index >= 15 is 0 Å². The van der Waals surface area contributed by atoms with Crippen molar-refractivity contribution in [1.29, 1.82) is 0 Å². The fourth-order valence-electron chi connectivity index (χ4n) is 2.14. The molecule has 2 rings (SSSR count). The van der Waals surface area contributed by atoms with Crippen LogP contribution in [-0.2, 0) is 6.54 Å². The summed E-state index contributed by atoms with van der Waals surface area (Å²) in [5.74, 6) is 1.02. The van der Waals surface area contributed by atoms with Crippen molar-refractivity contribution in [1.82, 2.24) is 15.1 Å². The van der Waals surface area contributed by atoms with Crippen molar-refractivity contribution >= 4 is 11.6 Å².